The highest BCUT2D eigenvalue weighted by atomic mass is 35.5. The van der Waals surface area contributed by atoms with Gasteiger partial charge in [0.2, 0.25) is 0 Å². The SMILES string of the molecule is Cl.ClC1CCCc2ccccc21. The van der Waals surface area contributed by atoms with Gasteiger partial charge in [0.15, 0.2) is 0 Å². The maximum atomic E-state index is 6.15. The normalized spacial score (nSPS) is 20.9. The van der Waals surface area contributed by atoms with Crippen LogP contribution in [0.25, 0.3) is 0 Å². The first-order chi connectivity index (χ1) is 5.38. The number of halogens is 2. The topological polar surface area (TPSA) is 0 Å². The van der Waals surface area contributed by atoms with Gasteiger partial charge in [-0.1, -0.05) is 24.3 Å². The van der Waals surface area contributed by atoms with E-state index in [0.29, 0.717) is 0 Å². The molecular weight excluding hydrogens is 191 g/mol. The minimum Gasteiger partial charge on any atom is -0.147 e. The molecule has 0 saturated carbocycles. The summed E-state index contributed by atoms with van der Waals surface area (Å²) < 4.78 is 0. The molecule has 0 aromatic heterocycles. The lowest BCUT2D eigenvalue weighted by atomic mass is 9.92. The smallest absolute Gasteiger partial charge is 0.0588 e. The van der Waals surface area contributed by atoms with Crippen molar-refractivity contribution >= 4 is 24.0 Å². The van der Waals surface area contributed by atoms with Crippen LogP contribution >= 0.6 is 24.0 Å². The molecule has 0 N–H and O–H groups in total. The highest BCUT2D eigenvalue weighted by Gasteiger charge is 2.16. The van der Waals surface area contributed by atoms with Crippen molar-refractivity contribution < 1.29 is 0 Å². The van der Waals surface area contributed by atoms with Crippen molar-refractivity contribution in [1.29, 1.82) is 0 Å². The molecule has 0 saturated heterocycles. The number of rotatable bonds is 0. The Labute approximate surface area is 84.3 Å². The molecule has 1 unspecified atom stereocenters. The van der Waals surface area contributed by atoms with Gasteiger partial charge in [-0.2, -0.15) is 0 Å². The summed E-state index contributed by atoms with van der Waals surface area (Å²) in [7, 11) is 0. The fourth-order valence-electron chi connectivity index (χ4n) is 1.69. The standard InChI is InChI=1S/C10H11Cl.ClH/c11-10-7-3-5-8-4-1-2-6-9(8)10;/h1-2,4,6,10H,3,5,7H2;1H. The van der Waals surface area contributed by atoms with Crippen molar-refractivity contribution in [3.63, 3.8) is 0 Å². The Hall–Kier alpha value is -0.200. The highest BCUT2D eigenvalue weighted by molar-refractivity contribution is 6.21. The number of hydrogen-bond donors (Lipinski definition) is 0. The Balaban J connectivity index is 0.000000720. The minimum atomic E-state index is 0. The van der Waals surface area contributed by atoms with E-state index in [1.807, 2.05) is 0 Å². The summed E-state index contributed by atoms with van der Waals surface area (Å²) in [5.74, 6) is 0. The molecule has 0 heterocycles. The van der Waals surface area contributed by atoms with Crippen molar-refractivity contribution in [2.75, 3.05) is 0 Å². The third-order valence-corrected chi connectivity index (χ3v) is 2.75. The van der Waals surface area contributed by atoms with Gasteiger partial charge in [0.1, 0.15) is 0 Å². The summed E-state index contributed by atoms with van der Waals surface area (Å²) in [4.78, 5) is 0. The molecule has 0 fully saturated rings. The Morgan fingerprint density at radius 3 is 2.75 bits per heavy atom. The van der Waals surface area contributed by atoms with Crippen molar-refractivity contribution in [3.05, 3.63) is 35.4 Å². The Kier molecular flexibility index (Phi) is 3.42. The summed E-state index contributed by atoms with van der Waals surface area (Å²) in [6.07, 6.45) is 3.59. The third kappa shape index (κ3) is 1.75. The van der Waals surface area contributed by atoms with E-state index in [-0.39, 0.29) is 17.8 Å². The molecule has 1 aromatic carbocycles. The van der Waals surface area contributed by atoms with Crippen LogP contribution in [-0.4, -0.2) is 0 Å². The van der Waals surface area contributed by atoms with E-state index in [1.54, 1.807) is 0 Å². The van der Waals surface area contributed by atoms with Crippen LogP contribution in [0.5, 0.6) is 0 Å². The number of hydrogen-bond acceptors (Lipinski definition) is 0. The number of aryl methyl sites for hydroxylation is 1. The van der Waals surface area contributed by atoms with E-state index in [1.165, 1.54) is 24.0 Å². The van der Waals surface area contributed by atoms with Crippen LogP contribution in [0.4, 0.5) is 0 Å². The first kappa shape index (κ1) is 9.88. The quantitative estimate of drug-likeness (QED) is 0.563. The fourth-order valence-corrected chi connectivity index (χ4v) is 2.06. The van der Waals surface area contributed by atoms with Crippen molar-refractivity contribution in [1.82, 2.24) is 0 Å². The lowest BCUT2D eigenvalue weighted by Crippen LogP contribution is -2.04. The molecule has 12 heavy (non-hydrogen) atoms. The molecule has 66 valence electrons. The first-order valence-electron chi connectivity index (χ1n) is 4.10. The molecule has 1 aromatic rings. The molecule has 0 bridgehead atoms. The van der Waals surface area contributed by atoms with E-state index < -0.39 is 0 Å². The van der Waals surface area contributed by atoms with Gasteiger partial charge in [0, 0.05) is 0 Å². The first-order valence-corrected chi connectivity index (χ1v) is 4.53. The minimum absolute atomic E-state index is 0. The van der Waals surface area contributed by atoms with Gasteiger partial charge in [0.25, 0.3) is 0 Å². The van der Waals surface area contributed by atoms with Crippen LogP contribution in [0.3, 0.4) is 0 Å². The lowest BCUT2D eigenvalue weighted by Gasteiger charge is -2.19. The number of fused-ring (bicyclic) bond motifs is 1. The second-order valence-corrected chi connectivity index (χ2v) is 3.59. The fraction of sp³-hybridized carbons (Fsp3) is 0.400. The largest absolute Gasteiger partial charge is 0.147 e. The van der Waals surface area contributed by atoms with Crippen LogP contribution in [0, 0.1) is 0 Å². The molecule has 0 nitrogen and oxygen atoms in total. The van der Waals surface area contributed by atoms with E-state index in [4.69, 9.17) is 11.6 Å². The highest BCUT2D eigenvalue weighted by Crippen LogP contribution is 2.33. The maximum Gasteiger partial charge on any atom is 0.0588 e. The molecule has 0 aliphatic heterocycles. The molecule has 1 aliphatic rings. The summed E-state index contributed by atoms with van der Waals surface area (Å²) >= 11 is 6.15. The van der Waals surface area contributed by atoms with Gasteiger partial charge in [0.05, 0.1) is 5.38 Å². The van der Waals surface area contributed by atoms with Crippen molar-refractivity contribution in [3.8, 4) is 0 Å². The van der Waals surface area contributed by atoms with Gasteiger partial charge < -0.3 is 0 Å². The van der Waals surface area contributed by atoms with Crippen molar-refractivity contribution in [2.45, 2.75) is 24.6 Å². The molecule has 0 spiro atoms. The Bertz CT molecular complexity index is 258. The average molecular weight is 203 g/mol. The van der Waals surface area contributed by atoms with E-state index >= 15 is 0 Å². The second kappa shape index (κ2) is 4.15. The molecule has 1 aliphatic carbocycles. The summed E-state index contributed by atoms with van der Waals surface area (Å²) in [6.45, 7) is 0. The van der Waals surface area contributed by atoms with E-state index in [0.717, 1.165) is 6.42 Å². The van der Waals surface area contributed by atoms with Crippen molar-refractivity contribution in [2.24, 2.45) is 0 Å². The van der Waals surface area contributed by atoms with Crippen LogP contribution in [0.1, 0.15) is 29.3 Å². The summed E-state index contributed by atoms with van der Waals surface area (Å²) in [5.41, 5.74) is 2.79. The Morgan fingerprint density at radius 2 is 2.00 bits per heavy atom. The molecule has 2 heteroatoms. The van der Waals surface area contributed by atoms with Gasteiger partial charge in [-0.25, -0.2) is 0 Å². The van der Waals surface area contributed by atoms with Gasteiger partial charge in [-0.3, -0.25) is 0 Å². The van der Waals surface area contributed by atoms with Gasteiger partial charge in [-0.05, 0) is 30.4 Å². The monoisotopic (exact) mass is 202 g/mol. The van der Waals surface area contributed by atoms with Crippen LogP contribution < -0.4 is 0 Å². The zero-order valence-electron chi connectivity index (χ0n) is 6.79. The Morgan fingerprint density at radius 1 is 1.25 bits per heavy atom. The van der Waals surface area contributed by atoms with E-state index in [2.05, 4.69) is 24.3 Å². The lowest BCUT2D eigenvalue weighted by molar-refractivity contribution is 0.667. The maximum absolute atomic E-state index is 6.15. The second-order valence-electron chi connectivity index (χ2n) is 3.06. The van der Waals surface area contributed by atoms with Gasteiger partial charge >= 0.3 is 0 Å². The van der Waals surface area contributed by atoms with E-state index in [9.17, 15) is 0 Å². The molecule has 0 radical (unpaired) electrons. The average Bonchev–Trinajstić information content (AvgIpc) is 2.06. The predicted molar refractivity (Wildman–Crippen MR) is 55.2 cm³/mol. The number of alkyl halides is 1. The van der Waals surface area contributed by atoms with Crippen LogP contribution in [-0.2, 0) is 6.42 Å². The number of benzene rings is 1. The summed E-state index contributed by atoms with van der Waals surface area (Å²) in [5, 5.41) is 0.264. The van der Waals surface area contributed by atoms with Crippen LogP contribution in [0.2, 0.25) is 0 Å². The van der Waals surface area contributed by atoms with Gasteiger partial charge in [-0.15, -0.1) is 24.0 Å². The zero-order valence-corrected chi connectivity index (χ0v) is 8.37. The van der Waals surface area contributed by atoms with Crippen LogP contribution in [0.15, 0.2) is 24.3 Å². The zero-order chi connectivity index (χ0) is 7.68. The molecular formula is C10H12Cl2. The molecule has 1 atom stereocenters. The predicted octanol–water partition coefficient (Wildman–Crippen LogP) is 3.72. The molecule has 2 rings (SSSR count). The molecule has 0 amide bonds. The summed E-state index contributed by atoms with van der Waals surface area (Å²) in [6, 6.07) is 8.49. The third-order valence-electron chi connectivity index (χ3n) is 2.30.